The first kappa shape index (κ1) is 18.0. The maximum atomic E-state index is 12.4. The van der Waals surface area contributed by atoms with Crippen LogP contribution in [0.1, 0.15) is 13.8 Å². The Morgan fingerprint density at radius 3 is 2.12 bits per heavy atom. The summed E-state index contributed by atoms with van der Waals surface area (Å²) in [5.74, 6) is 0.125. The number of carbonyl (C=O) groups is 1. The summed E-state index contributed by atoms with van der Waals surface area (Å²) in [6.07, 6.45) is 0. The first-order valence-electron chi connectivity index (χ1n) is 7.07. The van der Waals surface area contributed by atoms with Gasteiger partial charge in [-0.3, -0.25) is 4.79 Å². The standard InChI is InChI=1S/C17H16ClF2NO3/c1-17(2,24-14-7-3-11(18)4-8-14)15(22)21-12-5-9-13(10-6-12)23-16(19)20/h3-10,16H,1-2H3,(H,21,22). The van der Waals surface area contributed by atoms with Crippen molar-refractivity contribution in [3.05, 3.63) is 53.6 Å². The second-order valence-electron chi connectivity index (χ2n) is 5.42. The molecule has 0 bridgehead atoms. The lowest BCUT2D eigenvalue weighted by Gasteiger charge is -2.25. The largest absolute Gasteiger partial charge is 0.478 e. The van der Waals surface area contributed by atoms with Gasteiger partial charge < -0.3 is 14.8 Å². The van der Waals surface area contributed by atoms with E-state index in [4.69, 9.17) is 16.3 Å². The minimum absolute atomic E-state index is 0.0136. The molecule has 0 heterocycles. The highest BCUT2D eigenvalue weighted by atomic mass is 35.5. The second-order valence-corrected chi connectivity index (χ2v) is 5.86. The molecule has 0 aliphatic rings. The normalized spacial score (nSPS) is 11.2. The molecule has 0 aromatic heterocycles. The molecule has 7 heteroatoms. The Labute approximate surface area is 143 Å². The predicted octanol–water partition coefficient (Wildman–Crippen LogP) is 4.74. The molecule has 128 valence electrons. The number of hydrogen-bond donors (Lipinski definition) is 1. The van der Waals surface area contributed by atoms with E-state index in [-0.39, 0.29) is 11.7 Å². The Bertz CT molecular complexity index is 688. The predicted molar refractivity (Wildman–Crippen MR) is 87.9 cm³/mol. The number of benzene rings is 2. The van der Waals surface area contributed by atoms with Crippen LogP contribution in [-0.4, -0.2) is 18.1 Å². The van der Waals surface area contributed by atoms with Crippen molar-refractivity contribution in [3.63, 3.8) is 0 Å². The van der Waals surface area contributed by atoms with E-state index in [2.05, 4.69) is 10.1 Å². The third kappa shape index (κ3) is 5.09. The van der Waals surface area contributed by atoms with Gasteiger partial charge in [-0.1, -0.05) is 11.6 Å². The van der Waals surface area contributed by atoms with Crippen molar-refractivity contribution in [2.45, 2.75) is 26.1 Å². The average Bonchev–Trinajstić information content (AvgIpc) is 2.51. The van der Waals surface area contributed by atoms with E-state index in [0.717, 1.165) is 0 Å². The molecular weight excluding hydrogens is 340 g/mol. The SMILES string of the molecule is CC(C)(Oc1ccc(Cl)cc1)C(=O)Nc1ccc(OC(F)F)cc1. The minimum Gasteiger partial charge on any atom is -0.478 e. The van der Waals surface area contributed by atoms with Gasteiger partial charge in [-0.25, -0.2) is 0 Å². The fraction of sp³-hybridized carbons (Fsp3) is 0.235. The van der Waals surface area contributed by atoms with Crippen molar-refractivity contribution in [1.29, 1.82) is 0 Å². The van der Waals surface area contributed by atoms with Crippen molar-refractivity contribution in [3.8, 4) is 11.5 Å². The van der Waals surface area contributed by atoms with Crippen molar-refractivity contribution >= 4 is 23.2 Å². The van der Waals surface area contributed by atoms with Crippen molar-refractivity contribution in [2.75, 3.05) is 5.32 Å². The van der Waals surface area contributed by atoms with E-state index in [1.165, 1.54) is 24.3 Å². The Balaban J connectivity index is 2.00. The molecule has 0 saturated heterocycles. The van der Waals surface area contributed by atoms with Crippen LogP contribution in [0.4, 0.5) is 14.5 Å². The van der Waals surface area contributed by atoms with Crippen LogP contribution in [0.25, 0.3) is 0 Å². The average molecular weight is 356 g/mol. The molecule has 0 aliphatic heterocycles. The van der Waals surface area contributed by atoms with Crippen LogP contribution in [0.3, 0.4) is 0 Å². The molecule has 2 rings (SSSR count). The summed E-state index contributed by atoms with van der Waals surface area (Å²) in [6.45, 7) is 0.341. The zero-order valence-electron chi connectivity index (χ0n) is 13.1. The summed E-state index contributed by atoms with van der Waals surface area (Å²) < 4.78 is 34.1. The van der Waals surface area contributed by atoms with E-state index in [0.29, 0.717) is 16.5 Å². The van der Waals surface area contributed by atoms with Crippen LogP contribution in [0.5, 0.6) is 11.5 Å². The lowest BCUT2D eigenvalue weighted by Crippen LogP contribution is -2.42. The van der Waals surface area contributed by atoms with Crippen LogP contribution in [0, 0.1) is 0 Å². The van der Waals surface area contributed by atoms with Gasteiger partial charge in [0.1, 0.15) is 11.5 Å². The highest BCUT2D eigenvalue weighted by Gasteiger charge is 2.30. The summed E-state index contributed by atoms with van der Waals surface area (Å²) in [6, 6.07) is 12.3. The minimum atomic E-state index is -2.89. The summed E-state index contributed by atoms with van der Waals surface area (Å²) in [5, 5.41) is 3.23. The molecule has 0 radical (unpaired) electrons. The molecule has 24 heavy (non-hydrogen) atoms. The van der Waals surface area contributed by atoms with Crippen LogP contribution >= 0.6 is 11.6 Å². The third-order valence-corrected chi connectivity index (χ3v) is 3.32. The van der Waals surface area contributed by atoms with E-state index in [9.17, 15) is 13.6 Å². The van der Waals surface area contributed by atoms with Gasteiger partial charge in [-0.05, 0) is 62.4 Å². The van der Waals surface area contributed by atoms with Gasteiger partial charge in [0.05, 0.1) is 0 Å². The van der Waals surface area contributed by atoms with Crippen molar-refractivity contribution in [1.82, 2.24) is 0 Å². The number of carbonyl (C=O) groups excluding carboxylic acids is 1. The van der Waals surface area contributed by atoms with Gasteiger partial charge in [0.25, 0.3) is 5.91 Å². The summed E-state index contributed by atoms with van der Waals surface area (Å²) in [5.41, 5.74) is -0.708. The Morgan fingerprint density at radius 1 is 1.04 bits per heavy atom. The molecule has 0 fully saturated rings. The molecule has 0 atom stereocenters. The van der Waals surface area contributed by atoms with Crippen molar-refractivity contribution < 1.29 is 23.0 Å². The molecule has 0 unspecified atom stereocenters. The highest BCUT2D eigenvalue weighted by Crippen LogP contribution is 2.23. The Hall–Kier alpha value is -2.34. The Morgan fingerprint density at radius 2 is 1.58 bits per heavy atom. The quantitative estimate of drug-likeness (QED) is 0.814. The molecule has 1 amide bonds. The van der Waals surface area contributed by atoms with Gasteiger partial charge >= 0.3 is 6.61 Å². The Kier molecular flexibility index (Phi) is 5.62. The first-order valence-corrected chi connectivity index (χ1v) is 7.45. The maximum absolute atomic E-state index is 12.4. The van der Waals surface area contributed by atoms with Gasteiger partial charge in [0.15, 0.2) is 5.60 Å². The van der Waals surface area contributed by atoms with E-state index in [1.54, 1.807) is 38.1 Å². The summed E-state index contributed by atoms with van der Waals surface area (Å²) >= 11 is 5.80. The smallest absolute Gasteiger partial charge is 0.387 e. The molecule has 0 aliphatic carbocycles. The van der Waals surface area contributed by atoms with E-state index < -0.39 is 12.2 Å². The molecule has 2 aromatic rings. The number of hydrogen-bond acceptors (Lipinski definition) is 3. The van der Waals surface area contributed by atoms with Crippen LogP contribution < -0.4 is 14.8 Å². The van der Waals surface area contributed by atoms with Gasteiger partial charge in [0.2, 0.25) is 0 Å². The monoisotopic (exact) mass is 355 g/mol. The number of rotatable bonds is 6. The van der Waals surface area contributed by atoms with Crippen LogP contribution in [0.15, 0.2) is 48.5 Å². The number of anilines is 1. The highest BCUT2D eigenvalue weighted by molar-refractivity contribution is 6.30. The molecule has 0 spiro atoms. The van der Waals surface area contributed by atoms with Gasteiger partial charge in [-0.15, -0.1) is 0 Å². The molecule has 4 nitrogen and oxygen atoms in total. The molecule has 0 saturated carbocycles. The van der Waals surface area contributed by atoms with E-state index in [1.807, 2.05) is 0 Å². The molecular formula is C17H16ClF2NO3. The number of ether oxygens (including phenoxy) is 2. The fourth-order valence-corrected chi connectivity index (χ4v) is 1.97. The maximum Gasteiger partial charge on any atom is 0.387 e. The zero-order valence-corrected chi connectivity index (χ0v) is 13.8. The summed E-state index contributed by atoms with van der Waals surface area (Å²) in [4.78, 5) is 12.4. The second kappa shape index (κ2) is 7.49. The lowest BCUT2D eigenvalue weighted by molar-refractivity contribution is -0.128. The number of alkyl halides is 2. The third-order valence-electron chi connectivity index (χ3n) is 3.07. The molecule has 1 N–H and O–H groups in total. The fourth-order valence-electron chi connectivity index (χ4n) is 1.84. The van der Waals surface area contributed by atoms with Crippen LogP contribution in [0.2, 0.25) is 5.02 Å². The topological polar surface area (TPSA) is 47.6 Å². The number of nitrogens with one attached hydrogen (secondary N) is 1. The van der Waals surface area contributed by atoms with E-state index >= 15 is 0 Å². The number of amides is 1. The van der Waals surface area contributed by atoms with Gasteiger partial charge in [-0.2, -0.15) is 8.78 Å². The number of halogens is 3. The summed E-state index contributed by atoms with van der Waals surface area (Å²) in [7, 11) is 0. The van der Waals surface area contributed by atoms with Crippen molar-refractivity contribution in [2.24, 2.45) is 0 Å². The zero-order chi connectivity index (χ0) is 17.7. The molecule has 2 aromatic carbocycles. The lowest BCUT2D eigenvalue weighted by atomic mass is 10.1. The van der Waals surface area contributed by atoms with Gasteiger partial charge in [0, 0.05) is 10.7 Å². The van der Waals surface area contributed by atoms with Crippen LogP contribution in [-0.2, 0) is 4.79 Å². The first-order chi connectivity index (χ1) is 11.3.